The molecule has 0 amide bonds. The van der Waals surface area contributed by atoms with Crippen molar-refractivity contribution in [3.63, 3.8) is 0 Å². The summed E-state index contributed by atoms with van der Waals surface area (Å²) in [5.74, 6) is 0. The molecule has 0 fully saturated rings. The molecule has 0 aliphatic carbocycles. The lowest BCUT2D eigenvalue weighted by Crippen LogP contribution is -2.33. The first-order valence-electron chi connectivity index (χ1n) is 4.51. The summed E-state index contributed by atoms with van der Waals surface area (Å²) in [5, 5.41) is 18.3. The zero-order valence-electron chi connectivity index (χ0n) is 8.74. The van der Waals surface area contributed by atoms with Crippen LogP contribution in [-0.4, -0.2) is 24.3 Å². The third kappa shape index (κ3) is 2.35. The van der Waals surface area contributed by atoms with Gasteiger partial charge in [-0.3, -0.25) is 0 Å². The van der Waals surface area contributed by atoms with E-state index < -0.39 is 7.12 Å². The maximum absolute atomic E-state index is 9.15. The van der Waals surface area contributed by atoms with Gasteiger partial charge in [0.05, 0.1) is 6.61 Å². The number of ether oxygens (including phenoxy) is 1. The summed E-state index contributed by atoms with van der Waals surface area (Å²) < 4.78 is 4.99. The number of methoxy groups -OCH3 is 1. The van der Waals surface area contributed by atoms with Crippen molar-refractivity contribution in [3.05, 3.63) is 28.8 Å². The minimum Gasteiger partial charge on any atom is -0.423 e. The molecule has 0 aliphatic heterocycles. The Morgan fingerprint density at radius 2 is 1.79 bits per heavy atom. The van der Waals surface area contributed by atoms with Crippen molar-refractivity contribution < 1.29 is 14.8 Å². The van der Waals surface area contributed by atoms with Gasteiger partial charge in [0.25, 0.3) is 0 Å². The van der Waals surface area contributed by atoms with Crippen LogP contribution in [-0.2, 0) is 11.3 Å². The second-order valence-corrected chi connectivity index (χ2v) is 3.44. The predicted molar refractivity (Wildman–Crippen MR) is 56.5 cm³/mol. The lowest BCUT2D eigenvalue weighted by Gasteiger charge is -2.11. The van der Waals surface area contributed by atoms with Crippen LogP contribution in [0.15, 0.2) is 12.1 Å². The first kappa shape index (κ1) is 11.2. The van der Waals surface area contributed by atoms with Crippen LogP contribution >= 0.6 is 0 Å². The van der Waals surface area contributed by atoms with E-state index in [2.05, 4.69) is 0 Å². The number of rotatable bonds is 3. The van der Waals surface area contributed by atoms with Crippen molar-refractivity contribution >= 4 is 12.6 Å². The zero-order valence-corrected chi connectivity index (χ0v) is 8.74. The summed E-state index contributed by atoms with van der Waals surface area (Å²) in [6, 6.07) is 3.71. The second kappa shape index (κ2) is 4.60. The Morgan fingerprint density at radius 1 is 1.21 bits per heavy atom. The van der Waals surface area contributed by atoms with E-state index >= 15 is 0 Å². The minimum absolute atomic E-state index is 0.397. The highest BCUT2D eigenvalue weighted by molar-refractivity contribution is 6.59. The highest BCUT2D eigenvalue weighted by Crippen LogP contribution is 2.09. The maximum atomic E-state index is 9.15. The van der Waals surface area contributed by atoms with Crippen LogP contribution in [0.5, 0.6) is 0 Å². The SMILES string of the molecule is COCc1cc(C)c(C)cc1B(O)O. The molecular formula is C10H15BO3. The van der Waals surface area contributed by atoms with Gasteiger partial charge in [0.1, 0.15) is 0 Å². The van der Waals surface area contributed by atoms with Crippen LogP contribution in [0.1, 0.15) is 16.7 Å². The Morgan fingerprint density at radius 3 is 2.29 bits per heavy atom. The van der Waals surface area contributed by atoms with Crippen LogP contribution in [0.25, 0.3) is 0 Å². The zero-order chi connectivity index (χ0) is 10.7. The average molecular weight is 194 g/mol. The lowest BCUT2D eigenvalue weighted by molar-refractivity contribution is 0.185. The monoisotopic (exact) mass is 194 g/mol. The Bertz CT molecular complexity index is 323. The Balaban J connectivity index is 3.17. The molecule has 0 aromatic heterocycles. The van der Waals surface area contributed by atoms with Crippen molar-refractivity contribution in [2.24, 2.45) is 0 Å². The van der Waals surface area contributed by atoms with Gasteiger partial charge in [-0.2, -0.15) is 0 Å². The third-order valence-electron chi connectivity index (χ3n) is 2.33. The molecule has 2 N–H and O–H groups in total. The van der Waals surface area contributed by atoms with Crippen molar-refractivity contribution in [1.82, 2.24) is 0 Å². The van der Waals surface area contributed by atoms with E-state index in [0.717, 1.165) is 16.7 Å². The van der Waals surface area contributed by atoms with Gasteiger partial charge in [0.2, 0.25) is 0 Å². The van der Waals surface area contributed by atoms with Crippen molar-refractivity contribution in [2.75, 3.05) is 7.11 Å². The van der Waals surface area contributed by atoms with Crippen molar-refractivity contribution in [1.29, 1.82) is 0 Å². The molecule has 1 aromatic carbocycles. The average Bonchev–Trinajstić information content (AvgIpc) is 2.11. The summed E-state index contributed by atoms with van der Waals surface area (Å²) in [6.45, 7) is 4.33. The van der Waals surface area contributed by atoms with Gasteiger partial charge in [-0.1, -0.05) is 12.1 Å². The van der Waals surface area contributed by atoms with Crippen LogP contribution in [0.2, 0.25) is 0 Å². The standard InChI is InChI=1S/C10H15BO3/c1-7-4-9(6-14-3)10(11(12)13)5-8(7)2/h4-5,12-13H,6H2,1-3H3. The van der Waals surface area contributed by atoms with Crippen LogP contribution in [0.3, 0.4) is 0 Å². The number of hydrogen-bond donors (Lipinski definition) is 2. The van der Waals surface area contributed by atoms with E-state index in [0.29, 0.717) is 12.1 Å². The fraction of sp³-hybridized carbons (Fsp3) is 0.400. The van der Waals surface area contributed by atoms with Crippen molar-refractivity contribution in [2.45, 2.75) is 20.5 Å². The Hall–Kier alpha value is -0.835. The van der Waals surface area contributed by atoms with E-state index in [1.807, 2.05) is 19.9 Å². The van der Waals surface area contributed by atoms with Crippen LogP contribution in [0.4, 0.5) is 0 Å². The highest BCUT2D eigenvalue weighted by Gasteiger charge is 2.16. The van der Waals surface area contributed by atoms with Gasteiger partial charge < -0.3 is 14.8 Å². The molecule has 0 atom stereocenters. The van der Waals surface area contributed by atoms with Gasteiger partial charge >= 0.3 is 7.12 Å². The fourth-order valence-corrected chi connectivity index (χ4v) is 1.42. The summed E-state index contributed by atoms with van der Waals surface area (Å²) in [6.07, 6.45) is 0. The first-order chi connectivity index (χ1) is 6.56. The van der Waals surface area contributed by atoms with Gasteiger partial charge in [-0.25, -0.2) is 0 Å². The van der Waals surface area contributed by atoms with Gasteiger partial charge in [0, 0.05) is 7.11 Å². The molecule has 0 radical (unpaired) electrons. The topological polar surface area (TPSA) is 49.7 Å². The number of benzene rings is 1. The summed E-state index contributed by atoms with van der Waals surface area (Å²) in [7, 11) is 0.155. The quantitative estimate of drug-likeness (QED) is 0.672. The van der Waals surface area contributed by atoms with E-state index in [1.54, 1.807) is 13.2 Å². The summed E-state index contributed by atoms with van der Waals surface area (Å²) >= 11 is 0. The molecule has 1 rings (SSSR count). The maximum Gasteiger partial charge on any atom is 0.488 e. The fourth-order valence-electron chi connectivity index (χ4n) is 1.42. The minimum atomic E-state index is -1.43. The lowest BCUT2D eigenvalue weighted by atomic mass is 9.75. The predicted octanol–water partition coefficient (Wildman–Crippen LogP) is 0.130. The molecule has 0 unspecified atom stereocenters. The van der Waals surface area contributed by atoms with Gasteiger partial charge in [0.15, 0.2) is 0 Å². The van der Waals surface area contributed by atoms with E-state index in [4.69, 9.17) is 14.8 Å². The largest absolute Gasteiger partial charge is 0.488 e. The van der Waals surface area contributed by atoms with E-state index in [-0.39, 0.29) is 0 Å². The molecule has 0 bridgehead atoms. The van der Waals surface area contributed by atoms with E-state index in [1.165, 1.54) is 0 Å². The summed E-state index contributed by atoms with van der Waals surface area (Å²) in [5.41, 5.74) is 3.52. The molecule has 4 heteroatoms. The highest BCUT2D eigenvalue weighted by atomic mass is 16.5. The van der Waals surface area contributed by atoms with Crippen LogP contribution < -0.4 is 5.46 Å². The normalized spacial score (nSPS) is 10.4. The molecule has 14 heavy (non-hydrogen) atoms. The molecule has 3 nitrogen and oxygen atoms in total. The van der Waals surface area contributed by atoms with Crippen LogP contribution in [0, 0.1) is 13.8 Å². The molecule has 0 spiro atoms. The molecular weight excluding hydrogens is 179 g/mol. The third-order valence-corrected chi connectivity index (χ3v) is 2.33. The van der Waals surface area contributed by atoms with Gasteiger partial charge in [-0.05, 0) is 36.0 Å². The molecule has 0 heterocycles. The Labute approximate surface area is 84.5 Å². The molecule has 76 valence electrons. The molecule has 1 aromatic rings. The molecule has 0 aliphatic rings. The van der Waals surface area contributed by atoms with E-state index in [9.17, 15) is 0 Å². The van der Waals surface area contributed by atoms with Crippen molar-refractivity contribution in [3.8, 4) is 0 Å². The first-order valence-corrected chi connectivity index (χ1v) is 4.51. The smallest absolute Gasteiger partial charge is 0.423 e. The van der Waals surface area contributed by atoms with Gasteiger partial charge in [-0.15, -0.1) is 0 Å². The Kier molecular flexibility index (Phi) is 3.69. The molecule has 0 saturated carbocycles. The second-order valence-electron chi connectivity index (χ2n) is 3.44. The number of hydrogen-bond acceptors (Lipinski definition) is 3. The number of aryl methyl sites for hydroxylation is 2. The summed E-state index contributed by atoms with van der Waals surface area (Å²) in [4.78, 5) is 0. The molecule has 0 saturated heterocycles.